The molecular formula is C20H18F3N3O. The van der Waals surface area contributed by atoms with Crippen molar-refractivity contribution in [2.45, 2.75) is 25.1 Å². The number of aromatic nitrogens is 2. The molecule has 140 valence electrons. The highest BCUT2D eigenvalue weighted by Gasteiger charge is 2.31. The Morgan fingerprint density at radius 1 is 1.07 bits per heavy atom. The molecular weight excluding hydrogens is 355 g/mol. The van der Waals surface area contributed by atoms with Gasteiger partial charge in [-0.1, -0.05) is 47.6 Å². The molecule has 0 saturated carbocycles. The Bertz CT molecular complexity index is 908. The van der Waals surface area contributed by atoms with Gasteiger partial charge in [-0.15, -0.1) is 0 Å². The van der Waals surface area contributed by atoms with Gasteiger partial charge in [0.1, 0.15) is 0 Å². The largest absolute Gasteiger partial charge is 0.416 e. The second kappa shape index (κ2) is 7.15. The van der Waals surface area contributed by atoms with Crippen LogP contribution in [0.4, 0.5) is 13.2 Å². The van der Waals surface area contributed by atoms with Gasteiger partial charge < -0.3 is 4.52 Å². The molecule has 7 heteroatoms. The van der Waals surface area contributed by atoms with Crippen LogP contribution in [-0.4, -0.2) is 28.1 Å². The zero-order valence-corrected chi connectivity index (χ0v) is 14.5. The lowest BCUT2D eigenvalue weighted by atomic mass is 10.1. The lowest BCUT2D eigenvalue weighted by Crippen LogP contribution is -2.19. The minimum Gasteiger partial charge on any atom is -0.339 e. The molecule has 1 aliphatic rings. The van der Waals surface area contributed by atoms with E-state index in [1.807, 2.05) is 18.2 Å². The molecule has 4 rings (SSSR count). The first-order valence-corrected chi connectivity index (χ1v) is 8.76. The Hall–Kier alpha value is -2.67. The van der Waals surface area contributed by atoms with E-state index in [2.05, 4.69) is 27.2 Å². The van der Waals surface area contributed by atoms with Crippen LogP contribution < -0.4 is 0 Å². The molecule has 0 bridgehead atoms. The number of rotatable bonds is 4. The predicted octanol–water partition coefficient (Wildman–Crippen LogP) is 4.74. The van der Waals surface area contributed by atoms with Crippen molar-refractivity contribution in [1.29, 1.82) is 0 Å². The third kappa shape index (κ3) is 4.03. The van der Waals surface area contributed by atoms with E-state index in [-0.39, 0.29) is 11.7 Å². The van der Waals surface area contributed by atoms with E-state index < -0.39 is 11.7 Å². The highest BCUT2D eigenvalue weighted by Crippen LogP contribution is 2.32. The van der Waals surface area contributed by atoms with Gasteiger partial charge in [0, 0.05) is 18.7 Å². The summed E-state index contributed by atoms with van der Waals surface area (Å²) in [6.45, 7) is 2.56. The summed E-state index contributed by atoms with van der Waals surface area (Å²) in [5.41, 5.74) is 0.827. The normalized spacial score (nSPS) is 18.1. The maximum Gasteiger partial charge on any atom is 0.416 e. The fourth-order valence-corrected chi connectivity index (χ4v) is 3.37. The van der Waals surface area contributed by atoms with Gasteiger partial charge in [-0.25, -0.2) is 0 Å². The molecule has 1 unspecified atom stereocenters. The van der Waals surface area contributed by atoms with Crippen LogP contribution >= 0.6 is 0 Å². The van der Waals surface area contributed by atoms with E-state index in [0.29, 0.717) is 11.5 Å². The SMILES string of the molecule is FC(F)(F)c1cccc(-c2noc(C3CCN(Cc4ccccc4)C3)n2)c1. The molecule has 0 radical (unpaired) electrons. The van der Waals surface area contributed by atoms with Crippen LogP contribution in [0.1, 0.15) is 29.4 Å². The van der Waals surface area contributed by atoms with E-state index in [1.165, 1.54) is 11.6 Å². The van der Waals surface area contributed by atoms with Crippen LogP contribution in [0.15, 0.2) is 59.1 Å². The van der Waals surface area contributed by atoms with Gasteiger partial charge in [-0.2, -0.15) is 18.2 Å². The summed E-state index contributed by atoms with van der Waals surface area (Å²) in [4.78, 5) is 6.67. The van der Waals surface area contributed by atoms with Crippen molar-refractivity contribution in [3.8, 4) is 11.4 Å². The molecule has 1 aromatic heterocycles. The third-order valence-electron chi connectivity index (χ3n) is 4.76. The maximum absolute atomic E-state index is 12.9. The molecule has 1 aliphatic heterocycles. The van der Waals surface area contributed by atoms with Gasteiger partial charge in [0.15, 0.2) is 0 Å². The molecule has 2 heterocycles. The zero-order chi connectivity index (χ0) is 18.9. The molecule has 4 nitrogen and oxygen atoms in total. The van der Waals surface area contributed by atoms with E-state index in [1.54, 1.807) is 6.07 Å². The molecule has 1 atom stereocenters. The van der Waals surface area contributed by atoms with Gasteiger partial charge in [0.25, 0.3) is 0 Å². The Labute approximate surface area is 154 Å². The zero-order valence-electron chi connectivity index (χ0n) is 14.5. The van der Waals surface area contributed by atoms with Gasteiger partial charge in [-0.05, 0) is 30.7 Å². The third-order valence-corrected chi connectivity index (χ3v) is 4.76. The van der Waals surface area contributed by atoms with Gasteiger partial charge in [-0.3, -0.25) is 4.90 Å². The second-order valence-corrected chi connectivity index (χ2v) is 6.74. The average Bonchev–Trinajstić information content (AvgIpc) is 3.31. The maximum atomic E-state index is 12.9. The van der Waals surface area contributed by atoms with Crippen molar-refractivity contribution in [1.82, 2.24) is 15.0 Å². The highest BCUT2D eigenvalue weighted by atomic mass is 19.4. The molecule has 0 aliphatic carbocycles. The van der Waals surface area contributed by atoms with Crippen molar-refractivity contribution < 1.29 is 17.7 Å². The van der Waals surface area contributed by atoms with Crippen LogP contribution in [0, 0.1) is 0 Å². The standard InChI is InChI=1S/C20H18F3N3O/c21-20(22,23)17-8-4-7-15(11-17)18-24-19(27-25-18)16-9-10-26(13-16)12-14-5-2-1-3-6-14/h1-8,11,16H,9-10,12-13H2. The highest BCUT2D eigenvalue weighted by molar-refractivity contribution is 5.55. The van der Waals surface area contributed by atoms with Crippen LogP contribution in [0.3, 0.4) is 0 Å². The number of hydrogen-bond acceptors (Lipinski definition) is 4. The van der Waals surface area contributed by atoms with Crippen molar-refractivity contribution in [3.05, 3.63) is 71.6 Å². The summed E-state index contributed by atoms with van der Waals surface area (Å²) in [5.74, 6) is 0.774. The summed E-state index contributed by atoms with van der Waals surface area (Å²) in [5, 5.41) is 3.89. The molecule has 1 saturated heterocycles. The summed E-state index contributed by atoms with van der Waals surface area (Å²) < 4.78 is 44.0. The molecule has 0 spiro atoms. The monoisotopic (exact) mass is 373 g/mol. The first kappa shape index (κ1) is 17.7. The second-order valence-electron chi connectivity index (χ2n) is 6.74. The molecule has 3 aromatic rings. The lowest BCUT2D eigenvalue weighted by molar-refractivity contribution is -0.137. The predicted molar refractivity (Wildman–Crippen MR) is 93.8 cm³/mol. The molecule has 27 heavy (non-hydrogen) atoms. The number of likely N-dealkylation sites (tertiary alicyclic amines) is 1. The number of nitrogens with zero attached hydrogens (tertiary/aromatic N) is 3. The van der Waals surface area contributed by atoms with Crippen LogP contribution in [0.2, 0.25) is 0 Å². The fraction of sp³-hybridized carbons (Fsp3) is 0.300. The molecule has 2 aromatic carbocycles. The van der Waals surface area contributed by atoms with E-state index in [4.69, 9.17) is 4.52 Å². The topological polar surface area (TPSA) is 42.2 Å². The molecule has 0 amide bonds. The summed E-state index contributed by atoms with van der Waals surface area (Å²) >= 11 is 0. The number of benzene rings is 2. The molecule has 0 N–H and O–H groups in total. The smallest absolute Gasteiger partial charge is 0.339 e. The van der Waals surface area contributed by atoms with E-state index in [9.17, 15) is 13.2 Å². The Kier molecular flexibility index (Phi) is 4.70. The van der Waals surface area contributed by atoms with Gasteiger partial charge >= 0.3 is 6.18 Å². The van der Waals surface area contributed by atoms with Crippen molar-refractivity contribution in [2.24, 2.45) is 0 Å². The minimum atomic E-state index is -4.40. The van der Waals surface area contributed by atoms with Crippen molar-refractivity contribution >= 4 is 0 Å². The number of hydrogen-bond donors (Lipinski definition) is 0. The van der Waals surface area contributed by atoms with Crippen LogP contribution in [0.25, 0.3) is 11.4 Å². The van der Waals surface area contributed by atoms with Crippen molar-refractivity contribution in [3.63, 3.8) is 0 Å². The van der Waals surface area contributed by atoms with Crippen molar-refractivity contribution in [2.75, 3.05) is 13.1 Å². The van der Waals surface area contributed by atoms with Crippen LogP contribution in [-0.2, 0) is 12.7 Å². The Morgan fingerprint density at radius 2 is 1.89 bits per heavy atom. The van der Waals surface area contributed by atoms with E-state index >= 15 is 0 Å². The lowest BCUT2D eigenvalue weighted by Gasteiger charge is -2.14. The quantitative estimate of drug-likeness (QED) is 0.662. The number of alkyl halides is 3. The summed E-state index contributed by atoms with van der Waals surface area (Å²) in [6.07, 6.45) is -3.51. The number of halogens is 3. The Balaban J connectivity index is 1.46. The first-order chi connectivity index (χ1) is 13.0. The first-order valence-electron chi connectivity index (χ1n) is 8.76. The minimum absolute atomic E-state index is 0.0979. The summed E-state index contributed by atoms with van der Waals surface area (Å²) in [6, 6.07) is 15.2. The molecule has 1 fully saturated rings. The Morgan fingerprint density at radius 3 is 2.67 bits per heavy atom. The summed E-state index contributed by atoms with van der Waals surface area (Å²) in [7, 11) is 0. The van der Waals surface area contributed by atoms with E-state index in [0.717, 1.165) is 38.2 Å². The fourth-order valence-electron chi connectivity index (χ4n) is 3.37. The van der Waals surface area contributed by atoms with Gasteiger partial charge in [0.2, 0.25) is 11.7 Å². The van der Waals surface area contributed by atoms with Crippen LogP contribution in [0.5, 0.6) is 0 Å². The average molecular weight is 373 g/mol. The van der Waals surface area contributed by atoms with Gasteiger partial charge in [0.05, 0.1) is 11.5 Å².